The molecule has 0 bridgehead atoms. The van der Waals surface area contributed by atoms with Crippen molar-refractivity contribution in [1.29, 1.82) is 0 Å². The van der Waals surface area contributed by atoms with Crippen molar-refractivity contribution >= 4 is 23.3 Å². The van der Waals surface area contributed by atoms with Crippen molar-refractivity contribution in [3.05, 3.63) is 81.0 Å². The number of esters is 2. The summed E-state index contributed by atoms with van der Waals surface area (Å²) in [5.74, 6) is -2.47. The summed E-state index contributed by atoms with van der Waals surface area (Å²) < 4.78 is 21.5. The number of aliphatic imine (C=N–C) groups is 1. The number of non-ortho nitro benzene ring substituents is 1. The van der Waals surface area contributed by atoms with Crippen LogP contribution in [0, 0.1) is 16.0 Å². The van der Waals surface area contributed by atoms with Gasteiger partial charge in [-0.2, -0.15) is 0 Å². The van der Waals surface area contributed by atoms with E-state index >= 15 is 0 Å². The molecule has 0 fully saturated rings. The minimum absolute atomic E-state index is 0.0503. The van der Waals surface area contributed by atoms with Crippen LogP contribution >= 0.6 is 0 Å². The van der Waals surface area contributed by atoms with E-state index in [2.05, 4.69) is 4.99 Å². The molecule has 2 aromatic rings. The lowest BCUT2D eigenvalue weighted by Gasteiger charge is -2.31. The van der Waals surface area contributed by atoms with Gasteiger partial charge in [-0.15, -0.1) is 0 Å². The molecular formula is C28H32N2O8. The molecule has 1 aliphatic rings. The molecule has 3 atom stereocenters. The van der Waals surface area contributed by atoms with Gasteiger partial charge in [-0.3, -0.25) is 19.9 Å². The van der Waals surface area contributed by atoms with E-state index in [-0.39, 0.29) is 30.6 Å². The van der Waals surface area contributed by atoms with E-state index in [1.807, 2.05) is 31.2 Å². The molecule has 0 radical (unpaired) electrons. The van der Waals surface area contributed by atoms with Crippen molar-refractivity contribution in [3.63, 3.8) is 0 Å². The molecule has 1 heterocycles. The Hall–Kier alpha value is -4.05. The molecule has 202 valence electrons. The maximum atomic E-state index is 13.3. The molecule has 0 amide bonds. The van der Waals surface area contributed by atoms with E-state index in [0.29, 0.717) is 22.7 Å². The third kappa shape index (κ3) is 6.83. The summed E-state index contributed by atoms with van der Waals surface area (Å²) in [4.78, 5) is 41.3. The van der Waals surface area contributed by atoms with Crippen LogP contribution < -0.4 is 4.74 Å². The van der Waals surface area contributed by atoms with Gasteiger partial charge in [0.05, 0.1) is 23.7 Å². The first-order chi connectivity index (χ1) is 18.2. The van der Waals surface area contributed by atoms with Crippen molar-refractivity contribution in [1.82, 2.24) is 0 Å². The SMILES string of the molecule is COC(=O)C1C(C)=NC(C)=C(C(=O)OCCOc2ccc(CC(C)OC)cc2)C1c1cccc([N+](=O)[O-])c1. The van der Waals surface area contributed by atoms with E-state index in [0.717, 1.165) is 12.0 Å². The first kappa shape index (κ1) is 28.5. The van der Waals surface area contributed by atoms with Gasteiger partial charge in [0.1, 0.15) is 24.9 Å². The molecule has 0 aliphatic carbocycles. The lowest BCUT2D eigenvalue weighted by atomic mass is 9.75. The molecule has 0 N–H and O–H groups in total. The highest BCUT2D eigenvalue weighted by Gasteiger charge is 2.42. The van der Waals surface area contributed by atoms with Gasteiger partial charge in [0.15, 0.2) is 0 Å². The number of carbonyl (C=O) groups excluding carboxylic acids is 2. The second kappa shape index (κ2) is 13.0. The van der Waals surface area contributed by atoms with Crippen molar-refractivity contribution in [2.75, 3.05) is 27.4 Å². The number of rotatable bonds is 11. The Morgan fingerprint density at radius 3 is 2.42 bits per heavy atom. The first-order valence-electron chi connectivity index (χ1n) is 12.2. The predicted molar refractivity (Wildman–Crippen MR) is 140 cm³/mol. The van der Waals surface area contributed by atoms with Crippen LogP contribution in [0.2, 0.25) is 0 Å². The molecule has 0 aromatic heterocycles. The lowest BCUT2D eigenvalue weighted by Crippen LogP contribution is -2.36. The van der Waals surface area contributed by atoms with Crippen LogP contribution in [0.3, 0.4) is 0 Å². The van der Waals surface area contributed by atoms with Crippen LogP contribution in [-0.4, -0.2) is 56.1 Å². The standard InChI is InChI=1S/C28H32N2O8/c1-17(35-4)15-20-9-11-23(12-10-20)37-13-14-38-28(32)25-19(3)29-18(2)24(27(31)36-5)26(25)21-7-6-8-22(16-21)30(33)34/h6-12,16-17,24,26H,13-15H2,1-5H3. The van der Waals surface area contributed by atoms with Gasteiger partial charge < -0.3 is 18.9 Å². The van der Waals surface area contributed by atoms with Crippen molar-refractivity contribution < 1.29 is 33.5 Å². The number of carbonyl (C=O) groups is 2. The average Bonchev–Trinajstić information content (AvgIpc) is 2.91. The second-order valence-corrected chi connectivity index (χ2v) is 8.96. The molecule has 10 nitrogen and oxygen atoms in total. The summed E-state index contributed by atoms with van der Waals surface area (Å²) >= 11 is 0. The fourth-order valence-corrected chi connectivity index (χ4v) is 4.44. The van der Waals surface area contributed by atoms with Gasteiger partial charge in [0.25, 0.3) is 5.69 Å². The second-order valence-electron chi connectivity index (χ2n) is 8.96. The van der Waals surface area contributed by atoms with Gasteiger partial charge in [-0.1, -0.05) is 24.3 Å². The highest BCUT2D eigenvalue weighted by Crippen LogP contribution is 2.40. The fraction of sp³-hybridized carbons (Fsp3) is 0.393. The maximum Gasteiger partial charge on any atom is 0.336 e. The first-order valence-corrected chi connectivity index (χ1v) is 12.2. The zero-order chi connectivity index (χ0) is 27.8. The summed E-state index contributed by atoms with van der Waals surface area (Å²) in [6.45, 7) is 5.35. The number of methoxy groups -OCH3 is 2. The Kier molecular flexibility index (Phi) is 9.72. The number of benzene rings is 2. The lowest BCUT2D eigenvalue weighted by molar-refractivity contribution is -0.384. The van der Waals surface area contributed by atoms with Crippen LogP contribution in [0.5, 0.6) is 5.75 Å². The Labute approximate surface area is 221 Å². The zero-order valence-electron chi connectivity index (χ0n) is 22.1. The van der Waals surface area contributed by atoms with Gasteiger partial charge in [0.2, 0.25) is 0 Å². The van der Waals surface area contributed by atoms with Crippen LogP contribution in [0.4, 0.5) is 5.69 Å². The van der Waals surface area contributed by atoms with E-state index in [1.54, 1.807) is 27.0 Å². The molecule has 3 rings (SSSR count). The highest BCUT2D eigenvalue weighted by atomic mass is 16.6. The van der Waals surface area contributed by atoms with Crippen LogP contribution in [0.1, 0.15) is 37.8 Å². The van der Waals surface area contributed by atoms with E-state index in [9.17, 15) is 19.7 Å². The Morgan fingerprint density at radius 2 is 1.79 bits per heavy atom. The topological polar surface area (TPSA) is 127 Å². The van der Waals surface area contributed by atoms with Gasteiger partial charge >= 0.3 is 11.9 Å². The molecular weight excluding hydrogens is 492 g/mol. The highest BCUT2D eigenvalue weighted by molar-refractivity contribution is 6.07. The van der Waals surface area contributed by atoms with Crippen molar-refractivity contribution in [2.24, 2.45) is 10.9 Å². The van der Waals surface area contributed by atoms with E-state index < -0.39 is 28.7 Å². The summed E-state index contributed by atoms with van der Waals surface area (Å²) in [7, 11) is 2.91. The molecule has 10 heteroatoms. The summed E-state index contributed by atoms with van der Waals surface area (Å²) in [6.07, 6.45) is 0.889. The van der Waals surface area contributed by atoms with E-state index in [1.165, 1.54) is 25.3 Å². The number of allylic oxidation sites excluding steroid dienone is 1. The third-order valence-corrected chi connectivity index (χ3v) is 6.38. The molecule has 0 saturated carbocycles. The largest absolute Gasteiger partial charge is 0.490 e. The number of hydrogen-bond acceptors (Lipinski definition) is 9. The number of nitro benzene ring substituents is 1. The Morgan fingerprint density at radius 1 is 1.08 bits per heavy atom. The number of nitrogens with zero attached hydrogens (tertiary/aromatic N) is 2. The number of nitro groups is 1. The molecule has 38 heavy (non-hydrogen) atoms. The number of ether oxygens (including phenoxy) is 4. The molecule has 3 unspecified atom stereocenters. The molecule has 2 aromatic carbocycles. The summed E-state index contributed by atoms with van der Waals surface area (Å²) in [5, 5.41) is 11.4. The van der Waals surface area contributed by atoms with Gasteiger partial charge in [-0.05, 0) is 50.5 Å². The van der Waals surface area contributed by atoms with E-state index in [4.69, 9.17) is 18.9 Å². The monoisotopic (exact) mass is 524 g/mol. The maximum absolute atomic E-state index is 13.3. The van der Waals surface area contributed by atoms with Crippen LogP contribution in [-0.2, 0) is 30.2 Å². The van der Waals surface area contributed by atoms with Crippen molar-refractivity contribution in [2.45, 2.75) is 39.2 Å². The van der Waals surface area contributed by atoms with Crippen molar-refractivity contribution in [3.8, 4) is 5.75 Å². The number of hydrogen-bond donors (Lipinski definition) is 0. The third-order valence-electron chi connectivity index (χ3n) is 6.38. The molecule has 0 spiro atoms. The zero-order valence-corrected chi connectivity index (χ0v) is 22.1. The smallest absolute Gasteiger partial charge is 0.336 e. The van der Waals surface area contributed by atoms with Crippen LogP contribution in [0.15, 0.2) is 64.8 Å². The minimum Gasteiger partial charge on any atom is -0.490 e. The van der Waals surface area contributed by atoms with Gasteiger partial charge in [-0.25, -0.2) is 4.79 Å². The minimum atomic E-state index is -0.941. The average molecular weight is 525 g/mol. The quantitative estimate of drug-likeness (QED) is 0.183. The summed E-state index contributed by atoms with van der Waals surface area (Å²) in [5.41, 5.74) is 2.31. The Bertz CT molecular complexity index is 1240. The summed E-state index contributed by atoms with van der Waals surface area (Å²) in [6, 6.07) is 13.4. The molecule has 1 aliphatic heterocycles. The van der Waals surface area contributed by atoms with Crippen LogP contribution in [0.25, 0.3) is 0 Å². The van der Waals surface area contributed by atoms with Gasteiger partial charge in [0, 0.05) is 36.6 Å². The fourth-order valence-electron chi connectivity index (χ4n) is 4.44. The molecule has 0 saturated heterocycles. The Balaban J connectivity index is 1.75. The predicted octanol–water partition coefficient (Wildman–Crippen LogP) is 4.42. The normalized spacial score (nSPS) is 17.9.